The van der Waals surface area contributed by atoms with E-state index >= 15 is 0 Å². The number of hydrogen-bond donors (Lipinski definition) is 2. The van der Waals surface area contributed by atoms with Gasteiger partial charge in [0.05, 0.1) is 16.3 Å². The first-order valence-electron chi connectivity index (χ1n) is 4.88. The molecule has 0 radical (unpaired) electrons. The lowest BCUT2D eigenvalue weighted by Crippen LogP contribution is -2.44. The number of benzene rings is 1. The molecule has 0 spiro atoms. The average Bonchev–Trinajstić information content (AvgIpc) is 2.30. The SMILES string of the molecule is N=C(N)N(/N=C/c1c(Cl)cccc1Cl)C(=O)C(F)(F)F. The summed E-state index contributed by atoms with van der Waals surface area (Å²) in [6.45, 7) is 0. The van der Waals surface area contributed by atoms with Gasteiger partial charge in [-0.25, -0.2) is 0 Å². The maximum Gasteiger partial charge on any atom is 0.473 e. The van der Waals surface area contributed by atoms with Gasteiger partial charge in [0.1, 0.15) is 0 Å². The van der Waals surface area contributed by atoms with Crippen molar-refractivity contribution < 1.29 is 18.0 Å². The number of carbonyl (C=O) groups is 1. The number of rotatable bonds is 2. The summed E-state index contributed by atoms with van der Waals surface area (Å²) in [4.78, 5) is 11.0. The van der Waals surface area contributed by atoms with E-state index in [1.54, 1.807) is 0 Å². The van der Waals surface area contributed by atoms with Crippen molar-refractivity contribution >= 4 is 41.3 Å². The lowest BCUT2D eigenvalue weighted by Gasteiger charge is -2.16. The Kier molecular flexibility index (Phi) is 4.96. The second-order valence-electron chi connectivity index (χ2n) is 3.38. The first-order valence-corrected chi connectivity index (χ1v) is 5.63. The third-order valence-electron chi connectivity index (χ3n) is 1.97. The maximum atomic E-state index is 12.3. The molecule has 0 aliphatic rings. The van der Waals surface area contributed by atoms with Gasteiger partial charge in [-0.05, 0) is 12.1 Å². The highest BCUT2D eigenvalue weighted by Gasteiger charge is 2.44. The van der Waals surface area contributed by atoms with Gasteiger partial charge in [0.2, 0.25) is 5.96 Å². The van der Waals surface area contributed by atoms with E-state index in [4.69, 9.17) is 34.3 Å². The highest BCUT2D eigenvalue weighted by atomic mass is 35.5. The Morgan fingerprint density at radius 1 is 1.35 bits per heavy atom. The molecule has 0 unspecified atom stereocenters. The molecule has 0 fully saturated rings. The number of hydrogen-bond acceptors (Lipinski definition) is 3. The van der Waals surface area contributed by atoms with Crippen molar-refractivity contribution in [3.63, 3.8) is 0 Å². The Bertz CT molecular complexity index is 554. The number of carbonyl (C=O) groups excluding carboxylic acids is 1. The normalized spacial score (nSPS) is 11.7. The summed E-state index contributed by atoms with van der Waals surface area (Å²) in [6.07, 6.45) is -4.40. The van der Waals surface area contributed by atoms with E-state index in [1.165, 1.54) is 18.2 Å². The van der Waals surface area contributed by atoms with Gasteiger partial charge in [-0.2, -0.15) is 23.3 Å². The largest absolute Gasteiger partial charge is 0.473 e. The molecule has 0 aromatic heterocycles. The first kappa shape index (κ1) is 16.3. The zero-order valence-corrected chi connectivity index (χ0v) is 11.1. The van der Waals surface area contributed by atoms with Gasteiger partial charge in [-0.3, -0.25) is 10.2 Å². The standard InChI is InChI=1S/C10H7Cl2F3N4O/c11-6-2-1-3-7(12)5(6)4-18-19(9(16)17)8(20)10(13,14)15/h1-4H,(H3,16,17)/b18-4+. The zero-order valence-electron chi connectivity index (χ0n) is 9.58. The summed E-state index contributed by atoms with van der Waals surface area (Å²) >= 11 is 11.6. The molecule has 1 amide bonds. The van der Waals surface area contributed by atoms with E-state index < -0.39 is 18.0 Å². The number of nitrogens with two attached hydrogens (primary N) is 1. The highest BCUT2D eigenvalue weighted by molar-refractivity contribution is 6.38. The van der Waals surface area contributed by atoms with Gasteiger partial charge in [0.25, 0.3) is 0 Å². The van der Waals surface area contributed by atoms with Crippen LogP contribution in [0.4, 0.5) is 13.2 Å². The molecule has 0 aliphatic heterocycles. The van der Waals surface area contributed by atoms with Crippen molar-refractivity contribution in [1.82, 2.24) is 5.01 Å². The van der Waals surface area contributed by atoms with Gasteiger partial charge in [-0.15, -0.1) is 0 Å². The van der Waals surface area contributed by atoms with E-state index in [0.717, 1.165) is 6.21 Å². The predicted molar refractivity (Wildman–Crippen MR) is 68.9 cm³/mol. The van der Waals surface area contributed by atoms with Crippen molar-refractivity contribution in [3.05, 3.63) is 33.8 Å². The molecule has 108 valence electrons. The van der Waals surface area contributed by atoms with E-state index in [-0.39, 0.29) is 20.6 Å². The molecule has 0 heterocycles. The van der Waals surface area contributed by atoms with Gasteiger partial charge >= 0.3 is 12.1 Å². The minimum absolute atomic E-state index is 0.0945. The van der Waals surface area contributed by atoms with Gasteiger partial charge in [0, 0.05) is 5.56 Å². The number of halogens is 5. The van der Waals surface area contributed by atoms with Crippen LogP contribution in [0.2, 0.25) is 10.0 Å². The molecule has 0 saturated heterocycles. The molecular formula is C10H7Cl2F3N4O. The molecule has 1 rings (SSSR count). The fourth-order valence-electron chi connectivity index (χ4n) is 1.09. The van der Waals surface area contributed by atoms with Gasteiger partial charge in [0.15, 0.2) is 0 Å². The summed E-state index contributed by atoms with van der Waals surface area (Å²) < 4.78 is 36.8. The molecule has 1 aromatic carbocycles. The topological polar surface area (TPSA) is 82.5 Å². The molecule has 10 heteroatoms. The van der Waals surface area contributed by atoms with E-state index in [2.05, 4.69) is 5.10 Å². The molecule has 3 N–H and O–H groups in total. The highest BCUT2D eigenvalue weighted by Crippen LogP contribution is 2.23. The average molecular weight is 327 g/mol. The van der Waals surface area contributed by atoms with Gasteiger partial charge < -0.3 is 5.73 Å². The molecule has 0 saturated carbocycles. The molecule has 0 bridgehead atoms. The number of hydrazone groups is 1. The van der Waals surface area contributed by atoms with Crippen molar-refractivity contribution in [1.29, 1.82) is 5.41 Å². The lowest BCUT2D eigenvalue weighted by molar-refractivity contribution is -0.181. The molecule has 1 aromatic rings. The third kappa shape index (κ3) is 3.84. The Hall–Kier alpha value is -1.80. The van der Waals surface area contributed by atoms with Crippen LogP contribution in [0.1, 0.15) is 5.56 Å². The van der Waals surface area contributed by atoms with Crippen LogP contribution >= 0.6 is 23.2 Å². The number of nitrogens with zero attached hydrogens (tertiary/aromatic N) is 2. The monoisotopic (exact) mass is 326 g/mol. The first-order chi connectivity index (χ1) is 9.14. The maximum absolute atomic E-state index is 12.3. The minimum Gasteiger partial charge on any atom is -0.368 e. The summed E-state index contributed by atoms with van der Waals surface area (Å²) in [5, 5.41) is 10.1. The quantitative estimate of drug-likeness (QED) is 0.497. The second-order valence-corrected chi connectivity index (χ2v) is 4.19. The van der Waals surface area contributed by atoms with Crippen molar-refractivity contribution in [2.45, 2.75) is 6.18 Å². The van der Waals surface area contributed by atoms with Crippen LogP contribution in [0.15, 0.2) is 23.3 Å². The summed E-state index contributed by atoms with van der Waals surface area (Å²) in [5.41, 5.74) is 4.98. The summed E-state index contributed by atoms with van der Waals surface area (Å²) in [7, 11) is 0. The molecule has 0 aliphatic carbocycles. The third-order valence-corrected chi connectivity index (χ3v) is 2.62. The van der Waals surface area contributed by atoms with Gasteiger partial charge in [-0.1, -0.05) is 29.3 Å². The van der Waals surface area contributed by atoms with Crippen LogP contribution in [0.25, 0.3) is 0 Å². The second kappa shape index (κ2) is 6.10. The molecular weight excluding hydrogens is 320 g/mol. The number of nitrogens with one attached hydrogen (secondary N) is 1. The molecule has 20 heavy (non-hydrogen) atoms. The Labute approximate surface area is 121 Å². The molecule has 0 atom stereocenters. The Balaban J connectivity index is 3.12. The van der Waals surface area contributed by atoms with Crippen LogP contribution in [-0.2, 0) is 4.79 Å². The van der Waals surface area contributed by atoms with E-state index in [1.807, 2.05) is 0 Å². The number of guanidine groups is 1. The van der Waals surface area contributed by atoms with Crippen molar-refractivity contribution in [3.8, 4) is 0 Å². The van der Waals surface area contributed by atoms with Crippen LogP contribution < -0.4 is 5.73 Å². The number of amides is 1. The van der Waals surface area contributed by atoms with Crippen molar-refractivity contribution in [2.24, 2.45) is 10.8 Å². The predicted octanol–water partition coefficient (Wildman–Crippen LogP) is 2.61. The Morgan fingerprint density at radius 2 is 1.85 bits per heavy atom. The fraction of sp³-hybridized carbons (Fsp3) is 0.100. The summed E-state index contributed by atoms with van der Waals surface area (Å²) in [5.74, 6) is -3.59. The summed E-state index contributed by atoms with van der Waals surface area (Å²) in [6, 6.07) is 4.38. The zero-order chi connectivity index (χ0) is 15.5. The van der Waals surface area contributed by atoms with E-state index in [0.29, 0.717) is 0 Å². The fourth-order valence-corrected chi connectivity index (χ4v) is 1.59. The van der Waals surface area contributed by atoms with E-state index in [9.17, 15) is 18.0 Å². The smallest absolute Gasteiger partial charge is 0.368 e. The Morgan fingerprint density at radius 3 is 2.25 bits per heavy atom. The van der Waals surface area contributed by atoms with Crippen LogP contribution in [0.5, 0.6) is 0 Å². The van der Waals surface area contributed by atoms with Crippen LogP contribution in [-0.4, -0.2) is 29.3 Å². The minimum atomic E-state index is -5.21. The molecule has 5 nitrogen and oxygen atoms in total. The van der Waals surface area contributed by atoms with Crippen LogP contribution in [0.3, 0.4) is 0 Å². The van der Waals surface area contributed by atoms with Crippen LogP contribution in [0, 0.1) is 5.41 Å². The number of alkyl halides is 3. The lowest BCUT2D eigenvalue weighted by atomic mass is 10.2. The van der Waals surface area contributed by atoms with Crippen molar-refractivity contribution in [2.75, 3.05) is 0 Å².